The van der Waals surface area contributed by atoms with E-state index in [1.807, 2.05) is 0 Å². The molecule has 0 aliphatic heterocycles. The van der Waals surface area contributed by atoms with E-state index >= 15 is 0 Å². The Labute approximate surface area is 180 Å². The Morgan fingerprint density at radius 2 is 1.94 bits per heavy atom. The smallest absolute Gasteiger partial charge is 0.361 e. The number of aromatic nitrogens is 4. The molecule has 0 spiro atoms. The van der Waals surface area contributed by atoms with E-state index in [1.165, 1.54) is 6.07 Å². The van der Waals surface area contributed by atoms with Crippen molar-refractivity contribution in [2.24, 2.45) is 5.73 Å². The number of rotatable bonds is 3. The van der Waals surface area contributed by atoms with Gasteiger partial charge in [0.05, 0.1) is 11.1 Å². The minimum atomic E-state index is -4.42. The molecule has 3 atom stereocenters. The van der Waals surface area contributed by atoms with Gasteiger partial charge < -0.3 is 16.0 Å². The van der Waals surface area contributed by atoms with Crippen molar-refractivity contribution in [1.82, 2.24) is 19.9 Å². The molecule has 3 unspecified atom stereocenters. The fraction of sp³-hybridized carbons (Fsp3) is 0.318. The van der Waals surface area contributed by atoms with Crippen molar-refractivity contribution in [2.75, 3.05) is 5.32 Å². The van der Waals surface area contributed by atoms with Gasteiger partial charge in [-0.3, -0.25) is 4.98 Å². The highest BCUT2D eigenvalue weighted by Gasteiger charge is 2.31. The SMILES string of the molecule is NC1CC(F)CCC1Nc1ncc2cncc(-c3c[nH]c4cc(C(F)(F)F)ccc34)c2n1. The van der Waals surface area contributed by atoms with Crippen LogP contribution in [0.3, 0.4) is 0 Å². The van der Waals surface area contributed by atoms with E-state index in [4.69, 9.17) is 5.73 Å². The van der Waals surface area contributed by atoms with Crippen LogP contribution in [0.15, 0.2) is 43.0 Å². The average molecular weight is 444 g/mol. The monoisotopic (exact) mass is 444 g/mol. The Balaban J connectivity index is 1.54. The molecule has 3 aromatic heterocycles. The van der Waals surface area contributed by atoms with Crippen LogP contribution in [0.5, 0.6) is 0 Å². The first-order valence-electron chi connectivity index (χ1n) is 10.3. The highest BCUT2D eigenvalue weighted by atomic mass is 19.4. The second-order valence-corrected chi connectivity index (χ2v) is 8.10. The molecule has 1 aliphatic carbocycles. The van der Waals surface area contributed by atoms with Gasteiger partial charge in [-0.05, 0) is 31.4 Å². The number of nitrogens with one attached hydrogen (secondary N) is 2. The molecule has 5 rings (SSSR count). The van der Waals surface area contributed by atoms with Crippen molar-refractivity contribution in [3.8, 4) is 11.1 Å². The number of hydrogen-bond acceptors (Lipinski definition) is 5. The fourth-order valence-corrected chi connectivity index (χ4v) is 4.24. The largest absolute Gasteiger partial charge is 0.416 e. The zero-order valence-electron chi connectivity index (χ0n) is 16.8. The summed E-state index contributed by atoms with van der Waals surface area (Å²) in [4.78, 5) is 16.1. The summed E-state index contributed by atoms with van der Waals surface area (Å²) >= 11 is 0. The maximum atomic E-state index is 13.6. The molecule has 0 saturated heterocycles. The van der Waals surface area contributed by atoms with E-state index in [1.54, 1.807) is 24.8 Å². The van der Waals surface area contributed by atoms with Gasteiger partial charge in [0.2, 0.25) is 5.95 Å². The number of pyridine rings is 1. The maximum absolute atomic E-state index is 13.6. The standard InChI is InChI=1S/C22H20F4N6/c23-13-2-4-18(17(27)6-13)31-21-30-8-11-7-28-9-16(20(11)32-21)15-10-29-19-5-12(22(24,25)26)1-3-14(15)19/h1,3,5,7-10,13,17-18,29H,2,4,6,27H2,(H,30,31,32). The molecule has 4 aromatic rings. The van der Waals surface area contributed by atoms with Crippen molar-refractivity contribution >= 4 is 27.8 Å². The molecule has 3 heterocycles. The lowest BCUT2D eigenvalue weighted by Crippen LogP contribution is -2.45. The predicted octanol–water partition coefficient (Wildman–Crippen LogP) is 4.82. The van der Waals surface area contributed by atoms with Crippen LogP contribution in [0.2, 0.25) is 0 Å². The lowest BCUT2D eigenvalue weighted by atomic mass is 9.90. The van der Waals surface area contributed by atoms with Crippen molar-refractivity contribution < 1.29 is 17.6 Å². The van der Waals surface area contributed by atoms with Gasteiger partial charge in [0, 0.05) is 64.3 Å². The van der Waals surface area contributed by atoms with E-state index in [0.29, 0.717) is 51.7 Å². The van der Waals surface area contributed by atoms with Crippen LogP contribution in [-0.4, -0.2) is 38.2 Å². The molecule has 0 amide bonds. The summed E-state index contributed by atoms with van der Waals surface area (Å²) in [6.45, 7) is 0. The average Bonchev–Trinajstić information content (AvgIpc) is 3.18. The number of fused-ring (bicyclic) bond motifs is 2. The van der Waals surface area contributed by atoms with Gasteiger partial charge in [-0.2, -0.15) is 13.2 Å². The molecule has 166 valence electrons. The maximum Gasteiger partial charge on any atom is 0.416 e. The van der Waals surface area contributed by atoms with Gasteiger partial charge in [-0.1, -0.05) is 6.07 Å². The topological polar surface area (TPSA) is 92.5 Å². The first kappa shape index (κ1) is 20.6. The van der Waals surface area contributed by atoms with Gasteiger partial charge in [0.15, 0.2) is 0 Å². The van der Waals surface area contributed by atoms with E-state index < -0.39 is 17.9 Å². The van der Waals surface area contributed by atoms with Crippen molar-refractivity contribution in [1.29, 1.82) is 0 Å². The van der Waals surface area contributed by atoms with Crippen LogP contribution in [0.4, 0.5) is 23.5 Å². The molecule has 1 fully saturated rings. The van der Waals surface area contributed by atoms with Gasteiger partial charge in [0.1, 0.15) is 6.17 Å². The number of halogens is 4. The summed E-state index contributed by atoms with van der Waals surface area (Å²) < 4.78 is 52.8. The lowest BCUT2D eigenvalue weighted by molar-refractivity contribution is -0.137. The molecule has 0 radical (unpaired) electrons. The zero-order chi connectivity index (χ0) is 22.5. The number of hydrogen-bond donors (Lipinski definition) is 3. The third-order valence-corrected chi connectivity index (χ3v) is 5.94. The minimum Gasteiger partial charge on any atom is -0.361 e. The Morgan fingerprint density at radius 3 is 2.72 bits per heavy atom. The summed E-state index contributed by atoms with van der Waals surface area (Å²) in [6.07, 6.45) is 2.52. The number of nitrogens with zero attached hydrogens (tertiary/aromatic N) is 3. The highest BCUT2D eigenvalue weighted by Crippen LogP contribution is 2.36. The van der Waals surface area contributed by atoms with Crippen LogP contribution in [0.25, 0.3) is 32.9 Å². The van der Waals surface area contributed by atoms with Crippen LogP contribution in [0.1, 0.15) is 24.8 Å². The van der Waals surface area contributed by atoms with Crippen LogP contribution in [-0.2, 0) is 6.18 Å². The number of H-pyrrole nitrogens is 1. The summed E-state index contributed by atoms with van der Waals surface area (Å²) in [5, 5.41) is 4.52. The van der Waals surface area contributed by atoms with E-state index in [-0.39, 0.29) is 18.5 Å². The quantitative estimate of drug-likeness (QED) is 0.394. The number of alkyl halides is 4. The summed E-state index contributed by atoms with van der Waals surface area (Å²) in [5.41, 5.74) is 7.69. The third-order valence-electron chi connectivity index (χ3n) is 5.94. The van der Waals surface area contributed by atoms with Gasteiger partial charge in [-0.15, -0.1) is 0 Å². The molecule has 0 bridgehead atoms. The second kappa shape index (κ2) is 7.70. The number of aromatic amines is 1. The predicted molar refractivity (Wildman–Crippen MR) is 114 cm³/mol. The lowest BCUT2D eigenvalue weighted by Gasteiger charge is -2.31. The Bertz CT molecular complexity index is 1280. The Kier molecular flexibility index (Phi) is 4.96. The van der Waals surface area contributed by atoms with Crippen molar-refractivity contribution in [3.05, 3.63) is 48.5 Å². The van der Waals surface area contributed by atoms with Gasteiger partial charge in [-0.25, -0.2) is 14.4 Å². The molecule has 32 heavy (non-hydrogen) atoms. The normalized spacial score (nSPS) is 21.8. The second-order valence-electron chi connectivity index (χ2n) is 8.10. The van der Waals surface area contributed by atoms with E-state index in [0.717, 1.165) is 12.1 Å². The molecule has 6 nitrogen and oxygen atoms in total. The van der Waals surface area contributed by atoms with Crippen LogP contribution >= 0.6 is 0 Å². The van der Waals surface area contributed by atoms with Crippen LogP contribution < -0.4 is 11.1 Å². The highest BCUT2D eigenvalue weighted by molar-refractivity contribution is 6.03. The minimum absolute atomic E-state index is 0.140. The summed E-state index contributed by atoms with van der Waals surface area (Å²) in [5.74, 6) is 0.363. The molecule has 4 N–H and O–H groups in total. The number of benzene rings is 1. The van der Waals surface area contributed by atoms with E-state index in [2.05, 4.69) is 25.3 Å². The van der Waals surface area contributed by atoms with Gasteiger partial charge in [0.25, 0.3) is 0 Å². The van der Waals surface area contributed by atoms with E-state index in [9.17, 15) is 17.6 Å². The number of nitrogens with two attached hydrogens (primary N) is 1. The molecule has 1 aliphatic rings. The van der Waals surface area contributed by atoms with Crippen molar-refractivity contribution in [3.63, 3.8) is 0 Å². The summed E-state index contributed by atoms with van der Waals surface area (Å²) in [6, 6.07) is 3.10. The first-order valence-corrected chi connectivity index (χ1v) is 10.3. The molecular formula is C22H20F4N6. The Hall–Kier alpha value is -3.27. The Morgan fingerprint density at radius 1 is 1.09 bits per heavy atom. The summed E-state index contributed by atoms with van der Waals surface area (Å²) in [7, 11) is 0. The molecular weight excluding hydrogens is 424 g/mol. The third kappa shape index (κ3) is 3.75. The van der Waals surface area contributed by atoms with Crippen LogP contribution in [0, 0.1) is 0 Å². The van der Waals surface area contributed by atoms with Crippen molar-refractivity contribution in [2.45, 2.75) is 43.7 Å². The zero-order valence-corrected chi connectivity index (χ0v) is 16.8. The molecule has 1 aromatic carbocycles. The van der Waals surface area contributed by atoms with Gasteiger partial charge >= 0.3 is 6.18 Å². The molecule has 10 heteroatoms. The molecule has 1 saturated carbocycles. The fourth-order valence-electron chi connectivity index (χ4n) is 4.24. The number of anilines is 1. The first-order chi connectivity index (χ1) is 15.3.